The highest BCUT2D eigenvalue weighted by atomic mass is 15.1. The normalized spacial score (nSPS) is 13.2. The van der Waals surface area contributed by atoms with E-state index >= 15 is 0 Å². The summed E-state index contributed by atoms with van der Waals surface area (Å²) in [6.07, 6.45) is 1.90. The largest absolute Gasteiger partial charge is 0.361 e. The number of fused-ring (bicyclic) bond motifs is 8. The van der Waals surface area contributed by atoms with E-state index in [1.807, 2.05) is 12.3 Å². The topological polar surface area (TPSA) is 16.1 Å². The van der Waals surface area contributed by atoms with Crippen molar-refractivity contribution in [3.05, 3.63) is 120 Å². The Labute approximate surface area is 192 Å². The smallest absolute Gasteiger partial charge is 0.0935 e. The van der Waals surface area contributed by atoms with Crippen molar-refractivity contribution < 1.29 is 0 Å². The maximum absolute atomic E-state index is 4.76. The number of rotatable bonds is 1. The van der Waals surface area contributed by atoms with E-state index in [0.717, 1.165) is 18.6 Å². The summed E-state index contributed by atoms with van der Waals surface area (Å²) in [5.41, 5.74) is 7.71. The molecule has 0 saturated carbocycles. The number of aromatic nitrogens is 1. The molecule has 6 aromatic rings. The van der Waals surface area contributed by atoms with Crippen LogP contribution < -0.4 is 4.90 Å². The first kappa shape index (κ1) is 18.4. The molecule has 156 valence electrons. The van der Waals surface area contributed by atoms with Gasteiger partial charge in [-0.1, -0.05) is 91.0 Å². The van der Waals surface area contributed by atoms with E-state index in [0.29, 0.717) is 0 Å². The minimum absolute atomic E-state index is 0.846. The second-order valence-electron chi connectivity index (χ2n) is 8.85. The van der Waals surface area contributed by atoms with Gasteiger partial charge in [0.2, 0.25) is 0 Å². The van der Waals surface area contributed by atoms with Crippen molar-refractivity contribution >= 4 is 38.1 Å². The first-order chi connectivity index (χ1) is 16.4. The minimum atomic E-state index is 0.846. The molecule has 5 aromatic carbocycles. The van der Waals surface area contributed by atoms with Gasteiger partial charge < -0.3 is 4.90 Å². The second kappa shape index (κ2) is 7.18. The van der Waals surface area contributed by atoms with Crippen molar-refractivity contribution in [2.75, 3.05) is 4.90 Å². The summed E-state index contributed by atoms with van der Waals surface area (Å²) >= 11 is 0. The third-order valence-corrected chi connectivity index (χ3v) is 6.96. The molecule has 0 radical (unpaired) electrons. The van der Waals surface area contributed by atoms with Gasteiger partial charge in [-0.15, -0.1) is 0 Å². The lowest BCUT2D eigenvalue weighted by Crippen LogP contribution is -2.21. The monoisotopic (exact) mass is 422 g/mol. The maximum atomic E-state index is 4.76. The first-order valence-corrected chi connectivity index (χ1v) is 11.5. The zero-order valence-corrected chi connectivity index (χ0v) is 18.2. The van der Waals surface area contributed by atoms with Crippen LogP contribution in [0.2, 0.25) is 0 Å². The van der Waals surface area contributed by atoms with Crippen LogP contribution in [0.5, 0.6) is 0 Å². The van der Waals surface area contributed by atoms with E-state index in [9.17, 15) is 0 Å². The fourth-order valence-corrected chi connectivity index (χ4v) is 5.47. The molecule has 0 atom stereocenters. The van der Waals surface area contributed by atoms with E-state index in [1.165, 1.54) is 54.9 Å². The van der Waals surface area contributed by atoms with Gasteiger partial charge >= 0.3 is 0 Å². The van der Waals surface area contributed by atoms with Crippen LogP contribution in [-0.4, -0.2) is 4.98 Å². The molecular weight excluding hydrogens is 400 g/mol. The van der Waals surface area contributed by atoms with E-state index in [4.69, 9.17) is 4.98 Å². The number of hydrogen-bond donors (Lipinski definition) is 0. The Morgan fingerprint density at radius 1 is 0.515 bits per heavy atom. The van der Waals surface area contributed by atoms with Crippen molar-refractivity contribution in [2.45, 2.75) is 13.1 Å². The van der Waals surface area contributed by atoms with Crippen LogP contribution in [0.15, 0.2) is 109 Å². The number of anilines is 1. The molecule has 1 aromatic heterocycles. The van der Waals surface area contributed by atoms with Gasteiger partial charge in [-0.05, 0) is 55.9 Å². The lowest BCUT2D eigenvalue weighted by atomic mass is 9.88. The Morgan fingerprint density at radius 3 is 1.76 bits per heavy atom. The molecule has 0 saturated heterocycles. The predicted molar refractivity (Wildman–Crippen MR) is 139 cm³/mol. The van der Waals surface area contributed by atoms with Crippen LogP contribution in [0.1, 0.15) is 11.1 Å². The Hall–Kier alpha value is -4.17. The zero-order valence-electron chi connectivity index (χ0n) is 18.2. The van der Waals surface area contributed by atoms with Gasteiger partial charge in [0.05, 0.1) is 11.2 Å². The second-order valence-corrected chi connectivity index (χ2v) is 8.85. The van der Waals surface area contributed by atoms with E-state index in [2.05, 4.69) is 102 Å². The molecule has 0 spiro atoms. The van der Waals surface area contributed by atoms with E-state index in [-0.39, 0.29) is 0 Å². The number of nitrogens with zero attached hydrogens (tertiary/aromatic N) is 2. The Bertz CT molecular complexity index is 1590. The molecule has 0 bridgehead atoms. The van der Waals surface area contributed by atoms with Crippen LogP contribution in [0.25, 0.3) is 43.6 Å². The average molecular weight is 423 g/mol. The van der Waals surface area contributed by atoms with Gasteiger partial charge in [0, 0.05) is 24.7 Å². The van der Waals surface area contributed by atoms with Gasteiger partial charge in [-0.2, -0.15) is 0 Å². The SMILES string of the molecule is c1ccc2c3c(ccc2c1)CN(c1cccc2cccnc12)Cc1ccc2ccccc2c1-3. The fourth-order valence-electron chi connectivity index (χ4n) is 5.47. The van der Waals surface area contributed by atoms with Gasteiger partial charge in [0.1, 0.15) is 0 Å². The van der Waals surface area contributed by atoms with Gasteiger partial charge in [-0.3, -0.25) is 4.98 Å². The van der Waals surface area contributed by atoms with E-state index in [1.54, 1.807) is 0 Å². The summed E-state index contributed by atoms with van der Waals surface area (Å²) in [4.78, 5) is 7.25. The predicted octanol–water partition coefficient (Wildman–Crippen LogP) is 7.73. The average Bonchev–Trinajstić information content (AvgIpc) is 3.05. The lowest BCUT2D eigenvalue weighted by Gasteiger charge is -2.25. The van der Waals surface area contributed by atoms with Crippen molar-refractivity contribution in [2.24, 2.45) is 0 Å². The van der Waals surface area contributed by atoms with Crippen LogP contribution in [0.3, 0.4) is 0 Å². The summed E-state index contributed by atoms with van der Waals surface area (Å²) in [5.74, 6) is 0. The molecule has 1 aliphatic heterocycles. The summed E-state index contributed by atoms with van der Waals surface area (Å²) in [6.45, 7) is 1.69. The first-order valence-electron chi connectivity index (χ1n) is 11.5. The molecule has 1 aliphatic rings. The van der Waals surface area contributed by atoms with Crippen molar-refractivity contribution in [1.29, 1.82) is 0 Å². The lowest BCUT2D eigenvalue weighted by molar-refractivity contribution is 0.815. The highest BCUT2D eigenvalue weighted by Gasteiger charge is 2.24. The highest BCUT2D eigenvalue weighted by molar-refractivity contribution is 6.08. The number of pyridine rings is 1. The van der Waals surface area contributed by atoms with Gasteiger partial charge in [0.25, 0.3) is 0 Å². The van der Waals surface area contributed by atoms with Crippen molar-refractivity contribution in [1.82, 2.24) is 4.98 Å². The Kier molecular flexibility index (Phi) is 4.00. The maximum Gasteiger partial charge on any atom is 0.0935 e. The number of para-hydroxylation sites is 1. The zero-order chi connectivity index (χ0) is 21.8. The molecule has 0 amide bonds. The molecule has 33 heavy (non-hydrogen) atoms. The molecule has 0 unspecified atom stereocenters. The summed E-state index contributed by atoms with van der Waals surface area (Å²) in [5, 5.41) is 6.40. The fraction of sp³-hybridized carbons (Fsp3) is 0.0645. The third-order valence-electron chi connectivity index (χ3n) is 6.96. The molecule has 2 heterocycles. The van der Waals surface area contributed by atoms with E-state index < -0.39 is 0 Å². The minimum Gasteiger partial charge on any atom is -0.361 e. The molecule has 7 rings (SSSR count). The van der Waals surface area contributed by atoms with Crippen molar-refractivity contribution in [3.8, 4) is 11.1 Å². The molecule has 0 N–H and O–H groups in total. The Balaban J connectivity index is 1.56. The summed E-state index contributed by atoms with van der Waals surface area (Å²) in [7, 11) is 0. The quantitative estimate of drug-likeness (QED) is 0.269. The molecule has 2 nitrogen and oxygen atoms in total. The van der Waals surface area contributed by atoms with Gasteiger partial charge in [-0.25, -0.2) is 0 Å². The molecule has 2 heteroatoms. The summed E-state index contributed by atoms with van der Waals surface area (Å²) in [6, 6.07) is 37.4. The van der Waals surface area contributed by atoms with Crippen LogP contribution >= 0.6 is 0 Å². The third kappa shape index (κ3) is 2.84. The van der Waals surface area contributed by atoms with Crippen LogP contribution in [-0.2, 0) is 13.1 Å². The molecular formula is C31H22N2. The van der Waals surface area contributed by atoms with Crippen molar-refractivity contribution in [3.63, 3.8) is 0 Å². The molecule has 0 fully saturated rings. The Morgan fingerprint density at radius 2 is 1.09 bits per heavy atom. The standard InChI is InChI=1S/C31H22N2/c1-3-11-26-21(7-1)14-16-24-19-33(28-13-5-9-23-10-6-18-32-31(23)28)20-25-17-15-22-8-2-4-12-27(22)30(25)29(24)26/h1-18H,19-20H2. The van der Waals surface area contributed by atoms with Crippen LogP contribution in [0, 0.1) is 0 Å². The van der Waals surface area contributed by atoms with Crippen LogP contribution in [0.4, 0.5) is 5.69 Å². The summed E-state index contributed by atoms with van der Waals surface area (Å²) < 4.78 is 0. The highest BCUT2D eigenvalue weighted by Crippen LogP contribution is 2.43. The number of benzene rings is 5. The number of hydrogen-bond acceptors (Lipinski definition) is 2. The molecule has 0 aliphatic carbocycles. The van der Waals surface area contributed by atoms with Gasteiger partial charge in [0.15, 0.2) is 0 Å².